The number of benzene rings is 2. The van der Waals surface area contributed by atoms with Gasteiger partial charge < -0.3 is 15.3 Å². The summed E-state index contributed by atoms with van der Waals surface area (Å²) in [6.07, 6.45) is 0.543. The zero-order valence-electron chi connectivity index (χ0n) is 14.6. The number of piperidine rings is 1. The lowest BCUT2D eigenvalue weighted by atomic mass is 9.93. The second-order valence-corrected chi connectivity index (χ2v) is 6.73. The summed E-state index contributed by atoms with van der Waals surface area (Å²) in [5.41, 5.74) is 0.776. The van der Waals surface area contributed by atoms with Crippen molar-refractivity contribution in [3.05, 3.63) is 48.0 Å². The van der Waals surface area contributed by atoms with Crippen molar-refractivity contribution < 1.29 is 19.5 Å². The molecular weight excluding hydrogens is 332 g/mol. The number of carbonyl (C=O) groups excluding carboxylic acids is 2. The highest BCUT2D eigenvalue weighted by atomic mass is 16.4. The van der Waals surface area contributed by atoms with Crippen LogP contribution >= 0.6 is 0 Å². The second kappa shape index (κ2) is 7.56. The molecule has 136 valence electrons. The average molecular weight is 354 g/mol. The summed E-state index contributed by atoms with van der Waals surface area (Å²) in [6.45, 7) is 0.536. The maximum atomic E-state index is 12.7. The van der Waals surface area contributed by atoms with Crippen molar-refractivity contribution in [2.75, 3.05) is 13.6 Å². The van der Waals surface area contributed by atoms with E-state index in [0.717, 1.165) is 16.3 Å². The standard InChI is InChI=1S/C20H22N2O4/c1-22-10-9-14(11-18(22)23)20(26)21-17(12-19(24)25)16-8-4-6-13-5-2-3-7-15(13)16/h2-8,14,17H,9-12H2,1H3,(H,21,26)(H,24,25)/t14?,17-/m1/s1. The van der Waals surface area contributed by atoms with E-state index in [-0.39, 0.29) is 24.7 Å². The molecule has 1 unspecified atom stereocenters. The van der Waals surface area contributed by atoms with Crippen molar-refractivity contribution in [1.82, 2.24) is 10.2 Å². The lowest BCUT2D eigenvalue weighted by molar-refractivity contribution is -0.140. The third-order valence-electron chi connectivity index (χ3n) is 4.92. The Bertz CT molecular complexity index is 843. The van der Waals surface area contributed by atoms with E-state index in [9.17, 15) is 19.5 Å². The number of carbonyl (C=O) groups is 3. The molecule has 2 aromatic carbocycles. The number of fused-ring (bicyclic) bond motifs is 1. The topological polar surface area (TPSA) is 86.7 Å². The Kier molecular flexibility index (Phi) is 5.21. The Morgan fingerprint density at radius 1 is 1.23 bits per heavy atom. The summed E-state index contributed by atoms with van der Waals surface area (Å²) in [5.74, 6) is -1.71. The van der Waals surface area contributed by atoms with E-state index in [4.69, 9.17) is 0 Å². The lowest BCUT2D eigenvalue weighted by Gasteiger charge is -2.29. The van der Waals surface area contributed by atoms with Crippen LogP contribution in [0.3, 0.4) is 0 Å². The SMILES string of the molecule is CN1CCC(C(=O)N[C@H](CC(=O)O)c2cccc3ccccc23)CC1=O. The highest BCUT2D eigenvalue weighted by molar-refractivity contribution is 5.89. The normalized spacial score (nSPS) is 18.6. The quantitative estimate of drug-likeness (QED) is 0.863. The Morgan fingerprint density at radius 2 is 1.96 bits per heavy atom. The molecule has 0 radical (unpaired) electrons. The molecule has 0 aromatic heterocycles. The Morgan fingerprint density at radius 3 is 2.69 bits per heavy atom. The first-order chi connectivity index (χ1) is 12.5. The minimum atomic E-state index is -0.984. The van der Waals surface area contributed by atoms with Gasteiger partial charge in [0.25, 0.3) is 0 Å². The Balaban J connectivity index is 1.85. The van der Waals surface area contributed by atoms with Crippen LogP contribution in [0, 0.1) is 5.92 Å². The van der Waals surface area contributed by atoms with E-state index in [0.29, 0.717) is 13.0 Å². The Labute approximate surface area is 151 Å². The predicted molar refractivity (Wildman–Crippen MR) is 97.4 cm³/mol. The summed E-state index contributed by atoms with van der Waals surface area (Å²) < 4.78 is 0. The minimum Gasteiger partial charge on any atom is -0.481 e. The van der Waals surface area contributed by atoms with Crippen LogP contribution in [0.2, 0.25) is 0 Å². The van der Waals surface area contributed by atoms with Crippen LogP contribution in [-0.4, -0.2) is 41.4 Å². The van der Waals surface area contributed by atoms with Gasteiger partial charge >= 0.3 is 5.97 Å². The fraction of sp³-hybridized carbons (Fsp3) is 0.350. The van der Waals surface area contributed by atoms with Crippen LogP contribution in [0.25, 0.3) is 10.8 Å². The summed E-state index contributed by atoms with van der Waals surface area (Å²) in [4.78, 5) is 37.5. The number of rotatable bonds is 5. The van der Waals surface area contributed by atoms with Gasteiger partial charge in [-0.2, -0.15) is 0 Å². The maximum absolute atomic E-state index is 12.7. The molecule has 2 aromatic rings. The van der Waals surface area contributed by atoms with Gasteiger partial charge in [-0.25, -0.2) is 0 Å². The summed E-state index contributed by atoms with van der Waals surface area (Å²) in [6, 6.07) is 12.7. The van der Waals surface area contributed by atoms with Gasteiger partial charge in [-0.1, -0.05) is 42.5 Å². The van der Waals surface area contributed by atoms with Crippen LogP contribution in [0.1, 0.15) is 30.9 Å². The zero-order valence-corrected chi connectivity index (χ0v) is 14.6. The number of carboxylic acid groups (broad SMARTS) is 1. The number of likely N-dealkylation sites (tertiary alicyclic amines) is 1. The molecule has 2 amide bonds. The fourth-order valence-corrected chi connectivity index (χ4v) is 3.42. The van der Waals surface area contributed by atoms with Gasteiger partial charge in [-0.15, -0.1) is 0 Å². The summed E-state index contributed by atoms with van der Waals surface area (Å²) in [5, 5.41) is 14.1. The molecule has 26 heavy (non-hydrogen) atoms. The number of nitrogens with one attached hydrogen (secondary N) is 1. The molecule has 0 aliphatic carbocycles. The van der Waals surface area contributed by atoms with Crippen molar-refractivity contribution in [3.63, 3.8) is 0 Å². The number of hydrogen-bond donors (Lipinski definition) is 2. The number of hydrogen-bond acceptors (Lipinski definition) is 3. The molecule has 0 spiro atoms. The molecule has 1 fully saturated rings. The highest BCUT2D eigenvalue weighted by Crippen LogP contribution is 2.27. The van der Waals surface area contributed by atoms with E-state index >= 15 is 0 Å². The zero-order chi connectivity index (χ0) is 18.7. The third-order valence-corrected chi connectivity index (χ3v) is 4.92. The highest BCUT2D eigenvalue weighted by Gasteiger charge is 2.30. The van der Waals surface area contributed by atoms with Crippen molar-refractivity contribution in [1.29, 1.82) is 0 Å². The van der Waals surface area contributed by atoms with Gasteiger partial charge in [0.15, 0.2) is 0 Å². The lowest BCUT2D eigenvalue weighted by Crippen LogP contribution is -2.43. The van der Waals surface area contributed by atoms with Crippen molar-refractivity contribution >= 4 is 28.6 Å². The molecule has 2 N–H and O–H groups in total. The molecule has 3 rings (SSSR count). The van der Waals surface area contributed by atoms with E-state index in [1.54, 1.807) is 11.9 Å². The first-order valence-electron chi connectivity index (χ1n) is 8.69. The smallest absolute Gasteiger partial charge is 0.305 e. The van der Waals surface area contributed by atoms with Gasteiger partial charge in [0.05, 0.1) is 12.5 Å². The van der Waals surface area contributed by atoms with Crippen LogP contribution in [0.4, 0.5) is 0 Å². The first-order valence-corrected chi connectivity index (χ1v) is 8.69. The van der Waals surface area contributed by atoms with E-state index in [1.807, 2.05) is 42.5 Å². The molecule has 1 aliphatic heterocycles. The van der Waals surface area contributed by atoms with E-state index < -0.39 is 17.9 Å². The van der Waals surface area contributed by atoms with E-state index in [2.05, 4.69) is 5.32 Å². The van der Waals surface area contributed by atoms with Gasteiger partial charge in [0, 0.05) is 25.9 Å². The number of carboxylic acids is 1. The summed E-state index contributed by atoms with van der Waals surface area (Å²) >= 11 is 0. The number of nitrogens with zero attached hydrogens (tertiary/aromatic N) is 1. The predicted octanol–water partition coefficient (Wildman–Crippen LogP) is 2.34. The molecule has 1 saturated heterocycles. The molecule has 2 atom stereocenters. The van der Waals surface area contributed by atoms with Crippen LogP contribution in [0.5, 0.6) is 0 Å². The molecule has 1 heterocycles. The van der Waals surface area contributed by atoms with Gasteiger partial charge in [0.1, 0.15) is 0 Å². The van der Waals surface area contributed by atoms with E-state index in [1.165, 1.54) is 0 Å². The second-order valence-electron chi connectivity index (χ2n) is 6.73. The number of aliphatic carboxylic acids is 1. The largest absolute Gasteiger partial charge is 0.481 e. The van der Waals surface area contributed by atoms with Crippen molar-refractivity contribution in [3.8, 4) is 0 Å². The van der Waals surface area contributed by atoms with Gasteiger partial charge in [0.2, 0.25) is 11.8 Å². The van der Waals surface area contributed by atoms with Crippen molar-refractivity contribution in [2.24, 2.45) is 5.92 Å². The molecular formula is C20H22N2O4. The van der Waals surface area contributed by atoms with Crippen LogP contribution in [0.15, 0.2) is 42.5 Å². The maximum Gasteiger partial charge on any atom is 0.305 e. The van der Waals surface area contributed by atoms with Crippen LogP contribution < -0.4 is 5.32 Å². The summed E-state index contributed by atoms with van der Waals surface area (Å²) in [7, 11) is 1.72. The molecule has 0 bridgehead atoms. The fourth-order valence-electron chi connectivity index (χ4n) is 3.42. The van der Waals surface area contributed by atoms with Gasteiger partial charge in [-0.05, 0) is 22.8 Å². The molecule has 6 nitrogen and oxygen atoms in total. The Hall–Kier alpha value is -2.89. The molecule has 1 aliphatic rings. The number of amides is 2. The molecule has 6 heteroatoms. The average Bonchev–Trinajstić information content (AvgIpc) is 2.62. The van der Waals surface area contributed by atoms with Gasteiger partial charge in [-0.3, -0.25) is 14.4 Å². The first kappa shape index (κ1) is 17.9. The van der Waals surface area contributed by atoms with Crippen molar-refractivity contribution in [2.45, 2.75) is 25.3 Å². The van der Waals surface area contributed by atoms with Crippen LogP contribution in [-0.2, 0) is 14.4 Å². The minimum absolute atomic E-state index is 0.0589. The molecule has 0 saturated carbocycles. The monoisotopic (exact) mass is 354 g/mol. The third kappa shape index (κ3) is 3.85.